The molecule has 0 fully saturated rings. The molecule has 0 unspecified atom stereocenters. The van der Waals surface area contributed by atoms with Crippen molar-refractivity contribution in [2.75, 3.05) is 0 Å². The molecule has 0 spiro atoms. The zero-order valence-electron chi connectivity index (χ0n) is 6.34. The first-order valence-electron chi connectivity index (χ1n) is 3.61. The molecule has 0 radical (unpaired) electrons. The van der Waals surface area contributed by atoms with Gasteiger partial charge in [0.2, 0.25) is 5.56 Å². The summed E-state index contributed by atoms with van der Waals surface area (Å²) >= 11 is 0. The van der Waals surface area contributed by atoms with Crippen molar-refractivity contribution in [2.24, 2.45) is 0 Å². The third-order valence-electron chi connectivity index (χ3n) is 1.48. The first-order valence-corrected chi connectivity index (χ1v) is 3.61. The molecular formula is C9H11NO. The highest BCUT2D eigenvalue weighted by molar-refractivity contribution is 5.10. The quantitative estimate of drug-likeness (QED) is 0.649. The van der Waals surface area contributed by atoms with Crippen molar-refractivity contribution >= 4 is 0 Å². The van der Waals surface area contributed by atoms with Gasteiger partial charge in [-0.1, -0.05) is 6.08 Å². The van der Waals surface area contributed by atoms with E-state index in [9.17, 15) is 4.79 Å². The fourth-order valence-electron chi connectivity index (χ4n) is 0.913. The standard InChI is InChI=1S/C9H11NO/c1-2-3-4-8-5-6-10-9(11)7-8/h2,5-7H,1,3-4H2,(H,10,11). The van der Waals surface area contributed by atoms with E-state index in [4.69, 9.17) is 0 Å². The van der Waals surface area contributed by atoms with E-state index in [1.165, 1.54) is 0 Å². The Kier molecular flexibility index (Phi) is 2.66. The van der Waals surface area contributed by atoms with Crippen LogP contribution >= 0.6 is 0 Å². The Bertz CT molecular complexity index is 288. The van der Waals surface area contributed by atoms with Crippen LogP contribution < -0.4 is 5.56 Å². The van der Waals surface area contributed by atoms with Gasteiger partial charge in [0, 0.05) is 12.3 Å². The summed E-state index contributed by atoms with van der Waals surface area (Å²) in [6.45, 7) is 3.61. The van der Waals surface area contributed by atoms with E-state index < -0.39 is 0 Å². The van der Waals surface area contributed by atoms with Gasteiger partial charge < -0.3 is 4.98 Å². The summed E-state index contributed by atoms with van der Waals surface area (Å²) in [7, 11) is 0. The van der Waals surface area contributed by atoms with Crippen molar-refractivity contribution in [1.82, 2.24) is 4.98 Å². The topological polar surface area (TPSA) is 32.9 Å². The van der Waals surface area contributed by atoms with Gasteiger partial charge in [-0.15, -0.1) is 6.58 Å². The van der Waals surface area contributed by atoms with Crippen molar-refractivity contribution in [3.63, 3.8) is 0 Å². The summed E-state index contributed by atoms with van der Waals surface area (Å²) in [6, 6.07) is 3.52. The number of aryl methyl sites for hydroxylation is 1. The van der Waals surface area contributed by atoms with Crippen molar-refractivity contribution in [1.29, 1.82) is 0 Å². The van der Waals surface area contributed by atoms with Crippen LogP contribution in [0.5, 0.6) is 0 Å². The molecule has 1 N–H and O–H groups in total. The van der Waals surface area contributed by atoms with Gasteiger partial charge in [-0.2, -0.15) is 0 Å². The Hall–Kier alpha value is -1.31. The summed E-state index contributed by atoms with van der Waals surface area (Å²) in [5.74, 6) is 0. The lowest BCUT2D eigenvalue weighted by molar-refractivity contribution is 0.990. The number of nitrogens with one attached hydrogen (secondary N) is 1. The molecule has 58 valence electrons. The summed E-state index contributed by atoms with van der Waals surface area (Å²) in [5.41, 5.74) is 1.03. The van der Waals surface area contributed by atoms with Crippen LogP contribution in [0.15, 0.2) is 35.8 Å². The minimum Gasteiger partial charge on any atom is -0.329 e. The summed E-state index contributed by atoms with van der Waals surface area (Å²) in [6.07, 6.45) is 5.33. The largest absolute Gasteiger partial charge is 0.329 e. The third kappa shape index (κ3) is 2.42. The lowest BCUT2D eigenvalue weighted by Crippen LogP contribution is -2.03. The summed E-state index contributed by atoms with van der Waals surface area (Å²) in [5, 5.41) is 0. The molecule has 0 saturated heterocycles. The molecule has 1 aromatic rings. The Morgan fingerprint density at radius 1 is 1.64 bits per heavy atom. The van der Waals surface area contributed by atoms with Crippen LogP contribution in [0.1, 0.15) is 12.0 Å². The lowest BCUT2D eigenvalue weighted by atomic mass is 10.1. The normalized spacial score (nSPS) is 9.45. The number of hydrogen-bond donors (Lipinski definition) is 1. The van der Waals surface area contributed by atoms with Crippen molar-refractivity contribution < 1.29 is 0 Å². The van der Waals surface area contributed by atoms with Gasteiger partial charge in [0.05, 0.1) is 0 Å². The SMILES string of the molecule is C=CCCc1cc[nH]c(=O)c1. The minimum atomic E-state index is -0.0356. The predicted molar refractivity (Wildman–Crippen MR) is 45.6 cm³/mol. The highest BCUT2D eigenvalue weighted by atomic mass is 16.1. The zero-order valence-corrected chi connectivity index (χ0v) is 6.34. The number of rotatable bonds is 3. The smallest absolute Gasteiger partial charge is 0.248 e. The molecule has 0 aromatic carbocycles. The summed E-state index contributed by atoms with van der Waals surface area (Å²) in [4.78, 5) is 13.3. The van der Waals surface area contributed by atoms with Gasteiger partial charge >= 0.3 is 0 Å². The Labute approximate surface area is 65.6 Å². The van der Waals surface area contributed by atoms with Crippen molar-refractivity contribution in [3.05, 3.63) is 46.9 Å². The fourth-order valence-corrected chi connectivity index (χ4v) is 0.913. The molecule has 0 aliphatic rings. The first-order chi connectivity index (χ1) is 5.33. The third-order valence-corrected chi connectivity index (χ3v) is 1.48. The minimum absolute atomic E-state index is 0.0356. The molecule has 0 bridgehead atoms. The maximum absolute atomic E-state index is 10.8. The second-order valence-corrected chi connectivity index (χ2v) is 2.39. The van der Waals surface area contributed by atoms with E-state index in [-0.39, 0.29) is 5.56 Å². The number of pyridine rings is 1. The van der Waals surface area contributed by atoms with Crippen LogP contribution in [-0.2, 0) is 6.42 Å². The number of hydrogen-bond acceptors (Lipinski definition) is 1. The monoisotopic (exact) mass is 149 g/mol. The van der Waals surface area contributed by atoms with Gasteiger partial charge in [0.1, 0.15) is 0 Å². The molecule has 0 amide bonds. The van der Waals surface area contributed by atoms with Crippen LogP contribution in [0.2, 0.25) is 0 Å². The molecule has 0 aliphatic heterocycles. The molecule has 2 heteroatoms. The zero-order chi connectivity index (χ0) is 8.10. The molecule has 11 heavy (non-hydrogen) atoms. The second kappa shape index (κ2) is 3.76. The predicted octanol–water partition coefficient (Wildman–Crippen LogP) is 1.49. The Morgan fingerprint density at radius 3 is 3.09 bits per heavy atom. The van der Waals surface area contributed by atoms with E-state index >= 15 is 0 Å². The van der Waals surface area contributed by atoms with E-state index in [1.807, 2.05) is 12.1 Å². The van der Waals surface area contributed by atoms with Gasteiger partial charge in [-0.3, -0.25) is 4.79 Å². The molecule has 1 aromatic heterocycles. The van der Waals surface area contributed by atoms with Gasteiger partial charge in [0.15, 0.2) is 0 Å². The fraction of sp³-hybridized carbons (Fsp3) is 0.222. The van der Waals surface area contributed by atoms with E-state index in [0.29, 0.717) is 0 Å². The highest BCUT2D eigenvalue weighted by Gasteiger charge is 1.90. The van der Waals surface area contributed by atoms with Crippen LogP contribution in [0.25, 0.3) is 0 Å². The average molecular weight is 149 g/mol. The van der Waals surface area contributed by atoms with Crippen LogP contribution in [0.3, 0.4) is 0 Å². The Balaban J connectivity index is 2.71. The maximum atomic E-state index is 10.8. The molecule has 0 aliphatic carbocycles. The molecular weight excluding hydrogens is 138 g/mol. The Morgan fingerprint density at radius 2 is 2.45 bits per heavy atom. The molecule has 0 saturated carbocycles. The van der Waals surface area contributed by atoms with Gasteiger partial charge in [0.25, 0.3) is 0 Å². The lowest BCUT2D eigenvalue weighted by Gasteiger charge is -1.94. The van der Waals surface area contributed by atoms with E-state index in [2.05, 4.69) is 11.6 Å². The second-order valence-electron chi connectivity index (χ2n) is 2.39. The highest BCUT2D eigenvalue weighted by Crippen LogP contribution is 1.97. The average Bonchev–Trinajstić information content (AvgIpc) is 2.01. The molecule has 2 nitrogen and oxygen atoms in total. The van der Waals surface area contributed by atoms with Crippen LogP contribution in [0.4, 0.5) is 0 Å². The number of aromatic amines is 1. The van der Waals surface area contributed by atoms with Crippen molar-refractivity contribution in [2.45, 2.75) is 12.8 Å². The maximum Gasteiger partial charge on any atom is 0.248 e. The van der Waals surface area contributed by atoms with Crippen molar-refractivity contribution in [3.8, 4) is 0 Å². The number of allylic oxidation sites excluding steroid dienone is 1. The van der Waals surface area contributed by atoms with E-state index in [1.54, 1.807) is 12.3 Å². The van der Waals surface area contributed by atoms with E-state index in [0.717, 1.165) is 18.4 Å². The molecule has 0 atom stereocenters. The first kappa shape index (κ1) is 7.79. The number of aromatic nitrogens is 1. The van der Waals surface area contributed by atoms with Gasteiger partial charge in [-0.05, 0) is 24.5 Å². The summed E-state index contributed by atoms with van der Waals surface area (Å²) < 4.78 is 0. The number of H-pyrrole nitrogens is 1. The van der Waals surface area contributed by atoms with Crippen LogP contribution in [0, 0.1) is 0 Å². The molecule has 1 rings (SSSR count). The molecule has 1 heterocycles. The van der Waals surface area contributed by atoms with Gasteiger partial charge in [-0.25, -0.2) is 0 Å². The van der Waals surface area contributed by atoms with Crippen LogP contribution in [-0.4, -0.2) is 4.98 Å².